The van der Waals surface area contributed by atoms with Gasteiger partial charge in [-0.2, -0.15) is 0 Å². The summed E-state index contributed by atoms with van der Waals surface area (Å²) in [5.41, 5.74) is 0. The minimum Gasteiger partial charge on any atom is -0.349 e. The summed E-state index contributed by atoms with van der Waals surface area (Å²) in [6.45, 7) is 6.00. The Hall–Kier alpha value is -0.870. The van der Waals surface area contributed by atoms with Crippen molar-refractivity contribution in [2.75, 3.05) is 13.1 Å². The van der Waals surface area contributed by atoms with Crippen molar-refractivity contribution in [2.24, 2.45) is 11.8 Å². The van der Waals surface area contributed by atoms with Gasteiger partial charge in [-0.3, -0.25) is 4.79 Å². The Labute approximate surface area is 100 Å². The molecule has 1 fully saturated rings. The van der Waals surface area contributed by atoms with Crippen LogP contribution in [0.15, 0.2) is 17.5 Å². The van der Waals surface area contributed by atoms with Crippen molar-refractivity contribution in [3.8, 4) is 0 Å². The Bertz CT molecular complexity index is 346. The lowest BCUT2D eigenvalue weighted by Gasteiger charge is -2.32. The third-order valence-electron chi connectivity index (χ3n) is 3.26. The highest BCUT2D eigenvalue weighted by molar-refractivity contribution is 7.10. The van der Waals surface area contributed by atoms with Crippen molar-refractivity contribution in [2.45, 2.75) is 19.9 Å². The van der Waals surface area contributed by atoms with Crippen molar-refractivity contribution < 1.29 is 4.79 Å². The van der Waals surface area contributed by atoms with E-state index in [2.05, 4.69) is 16.7 Å². The Balaban J connectivity index is 1.86. The maximum absolute atomic E-state index is 11.9. The number of carbonyl (C=O) groups excluding carboxylic acids is 1. The summed E-state index contributed by atoms with van der Waals surface area (Å²) in [5, 5.41) is 8.31. The van der Waals surface area contributed by atoms with Gasteiger partial charge in [-0.1, -0.05) is 13.0 Å². The number of hydrogen-bond donors (Lipinski definition) is 2. The molecule has 0 bridgehead atoms. The van der Waals surface area contributed by atoms with E-state index in [1.54, 1.807) is 11.3 Å². The van der Waals surface area contributed by atoms with Crippen molar-refractivity contribution in [1.82, 2.24) is 10.6 Å². The summed E-state index contributed by atoms with van der Waals surface area (Å²) < 4.78 is 0. The molecule has 16 heavy (non-hydrogen) atoms. The van der Waals surface area contributed by atoms with Crippen LogP contribution in [0.25, 0.3) is 0 Å². The highest BCUT2D eigenvalue weighted by Gasteiger charge is 2.29. The molecule has 1 saturated heterocycles. The van der Waals surface area contributed by atoms with Crippen LogP contribution in [0.2, 0.25) is 0 Å². The molecule has 2 rings (SSSR count). The van der Waals surface area contributed by atoms with Gasteiger partial charge >= 0.3 is 0 Å². The van der Waals surface area contributed by atoms with Crippen LogP contribution in [0.4, 0.5) is 0 Å². The zero-order valence-corrected chi connectivity index (χ0v) is 10.5. The quantitative estimate of drug-likeness (QED) is 0.839. The van der Waals surface area contributed by atoms with Gasteiger partial charge in [0.05, 0.1) is 6.04 Å². The van der Waals surface area contributed by atoms with E-state index >= 15 is 0 Å². The van der Waals surface area contributed by atoms with Crippen LogP contribution in [-0.4, -0.2) is 19.0 Å². The molecule has 2 atom stereocenters. The zero-order valence-electron chi connectivity index (χ0n) is 9.69. The van der Waals surface area contributed by atoms with Crippen LogP contribution >= 0.6 is 11.3 Å². The summed E-state index contributed by atoms with van der Waals surface area (Å²) >= 11 is 1.69. The molecule has 2 heterocycles. The van der Waals surface area contributed by atoms with E-state index in [9.17, 15) is 4.79 Å². The summed E-state index contributed by atoms with van der Waals surface area (Å²) in [6, 6.07) is 4.20. The van der Waals surface area contributed by atoms with Gasteiger partial charge in [0.15, 0.2) is 0 Å². The third-order valence-corrected chi connectivity index (χ3v) is 4.32. The minimum absolute atomic E-state index is 0.115. The molecule has 0 spiro atoms. The average Bonchev–Trinajstić information content (AvgIpc) is 2.67. The normalized spacial score (nSPS) is 19.9. The van der Waals surface area contributed by atoms with E-state index in [-0.39, 0.29) is 17.9 Å². The van der Waals surface area contributed by atoms with Crippen LogP contribution in [0.3, 0.4) is 0 Å². The number of nitrogens with one attached hydrogen (secondary N) is 2. The van der Waals surface area contributed by atoms with Gasteiger partial charge in [0.25, 0.3) is 0 Å². The number of amides is 1. The molecule has 1 unspecified atom stereocenters. The van der Waals surface area contributed by atoms with Crippen LogP contribution < -0.4 is 10.6 Å². The minimum atomic E-state index is 0.115. The Morgan fingerprint density at radius 2 is 2.31 bits per heavy atom. The number of hydrogen-bond acceptors (Lipinski definition) is 3. The van der Waals surface area contributed by atoms with E-state index in [0.29, 0.717) is 5.92 Å². The molecule has 1 aliphatic rings. The van der Waals surface area contributed by atoms with Gasteiger partial charge < -0.3 is 10.6 Å². The van der Waals surface area contributed by atoms with Crippen molar-refractivity contribution >= 4 is 17.2 Å². The second-order valence-electron chi connectivity index (χ2n) is 4.45. The fourth-order valence-corrected chi connectivity index (χ4v) is 2.57. The largest absolute Gasteiger partial charge is 0.349 e. The second kappa shape index (κ2) is 4.97. The summed E-state index contributed by atoms with van der Waals surface area (Å²) in [7, 11) is 0. The second-order valence-corrected chi connectivity index (χ2v) is 5.43. The average molecular weight is 238 g/mol. The molecular formula is C12H18N2OS. The van der Waals surface area contributed by atoms with Gasteiger partial charge in [0, 0.05) is 10.8 Å². The standard InChI is InChI=1S/C12H18N2OS/c1-8(10-6-13-7-10)12(15)14-9(2)11-4-3-5-16-11/h3-5,8-10,13H,6-7H2,1-2H3,(H,14,15)/t8?,9-/m1/s1. The number of rotatable bonds is 4. The fourth-order valence-electron chi connectivity index (χ4n) is 1.83. The van der Waals surface area contributed by atoms with Crippen molar-refractivity contribution in [3.63, 3.8) is 0 Å². The third kappa shape index (κ3) is 2.44. The van der Waals surface area contributed by atoms with Gasteiger partial charge in [-0.05, 0) is 37.4 Å². The molecule has 0 radical (unpaired) electrons. The number of carbonyl (C=O) groups is 1. The zero-order chi connectivity index (χ0) is 11.5. The molecule has 1 aromatic rings. The van der Waals surface area contributed by atoms with Crippen LogP contribution in [0.1, 0.15) is 24.8 Å². The SMILES string of the molecule is CC(C(=O)N[C@H](C)c1cccs1)C1CNC1. The first-order chi connectivity index (χ1) is 7.68. The molecule has 0 aliphatic carbocycles. The lowest BCUT2D eigenvalue weighted by atomic mass is 9.88. The van der Waals surface area contributed by atoms with Crippen molar-refractivity contribution in [1.29, 1.82) is 0 Å². The van der Waals surface area contributed by atoms with Gasteiger partial charge in [-0.15, -0.1) is 11.3 Å². The van der Waals surface area contributed by atoms with Crippen LogP contribution in [-0.2, 0) is 4.79 Å². The molecule has 88 valence electrons. The molecule has 1 aromatic heterocycles. The van der Waals surface area contributed by atoms with E-state index < -0.39 is 0 Å². The van der Waals surface area contributed by atoms with Gasteiger partial charge in [0.1, 0.15) is 0 Å². The lowest BCUT2D eigenvalue weighted by Crippen LogP contribution is -2.49. The topological polar surface area (TPSA) is 41.1 Å². The van der Waals surface area contributed by atoms with Crippen LogP contribution in [0.5, 0.6) is 0 Å². The first-order valence-corrected chi connectivity index (χ1v) is 6.61. The number of thiophene rings is 1. The molecule has 3 nitrogen and oxygen atoms in total. The smallest absolute Gasteiger partial charge is 0.223 e. The maximum atomic E-state index is 11.9. The Kier molecular flexibility index (Phi) is 3.61. The van der Waals surface area contributed by atoms with E-state index in [1.165, 1.54) is 4.88 Å². The van der Waals surface area contributed by atoms with E-state index in [1.807, 2.05) is 25.3 Å². The molecule has 0 aromatic carbocycles. The molecule has 1 amide bonds. The predicted octanol–water partition coefficient (Wildman–Crippen LogP) is 1.78. The fraction of sp³-hybridized carbons (Fsp3) is 0.583. The summed E-state index contributed by atoms with van der Waals surface area (Å²) in [5.74, 6) is 0.798. The predicted molar refractivity (Wildman–Crippen MR) is 66.4 cm³/mol. The Morgan fingerprint density at radius 1 is 1.56 bits per heavy atom. The Morgan fingerprint density at radius 3 is 2.81 bits per heavy atom. The molecule has 4 heteroatoms. The maximum Gasteiger partial charge on any atom is 0.223 e. The molecule has 2 N–H and O–H groups in total. The van der Waals surface area contributed by atoms with Crippen molar-refractivity contribution in [3.05, 3.63) is 22.4 Å². The van der Waals surface area contributed by atoms with Crippen LogP contribution in [0, 0.1) is 11.8 Å². The van der Waals surface area contributed by atoms with Gasteiger partial charge in [0.2, 0.25) is 5.91 Å². The molecule has 0 saturated carbocycles. The molecule has 1 aliphatic heterocycles. The molecular weight excluding hydrogens is 220 g/mol. The van der Waals surface area contributed by atoms with E-state index in [4.69, 9.17) is 0 Å². The highest BCUT2D eigenvalue weighted by Crippen LogP contribution is 2.21. The monoisotopic (exact) mass is 238 g/mol. The van der Waals surface area contributed by atoms with Gasteiger partial charge in [-0.25, -0.2) is 0 Å². The highest BCUT2D eigenvalue weighted by atomic mass is 32.1. The lowest BCUT2D eigenvalue weighted by molar-refractivity contribution is -0.127. The first kappa shape index (κ1) is 11.6. The summed E-state index contributed by atoms with van der Waals surface area (Å²) in [4.78, 5) is 13.2. The summed E-state index contributed by atoms with van der Waals surface area (Å²) in [6.07, 6.45) is 0. The first-order valence-electron chi connectivity index (χ1n) is 5.73. The van der Waals surface area contributed by atoms with E-state index in [0.717, 1.165) is 13.1 Å².